The Bertz CT molecular complexity index is 945. The standard InChI is InChI=1S/C31H42O6S3/c1-3-5-19-36-29(34)25(13-7-23-9-15-27(32)16-10-23)21-39-31(38)40-22-26(30(35)37-20-6-4-2)14-8-24-11-17-28(33)18-12-24/h9-12,15-18,25-26,32-33H,3-8,13-14,19-22H2,1-2H3. The fraction of sp³-hybridized carbons (Fsp3) is 0.516. The molecule has 0 spiro atoms. The fourth-order valence-electron chi connectivity index (χ4n) is 3.79. The number of carbonyl (C=O) groups excluding carboxylic acids is 2. The molecule has 0 bridgehead atoms. The maximum Gasteiger partial charge on any atom is 0.309 e. The number of phenolic OH excluding ortho intramolecular Hbond substituents is 2. The average Bonchev–Trinajstić information content (AvgIpc) is 2.95. The summed E-state index contributed by atoms with van der Waals surface area (Å²) in [6.07, 6.45) is 6.19. The highest BCUT2D eigenvalue weighted by atomic mass is 32.2. The van der Waals surface area contributed by atoms with Crippen molar-refractivity contribution in [1.29, 1.82) is 0 Å². The molecule has 0 aliphatic carbocycles. The summed E-state index contributed by atoms with van der Waals surface area (Å²) in [6.45, 7) is 4.94. The molecule has 220 valence electrons. The SMILES string of the molecule is CCCCOC(=O)C(CCc1ccc(O)cc1)CSC(=S)SCC(CCc1ccc(O)cc1)C(=O)OCCCC. The molecule has 0 aromatic heterocycles. The summed E-state index contributed by atoms with van der Waals surface area (Å²) in [5.41, 5.74) is 2.09. The summed E-state index contributed by atoms with van der Waals surface area (Å²) in [6, 6.07) is 14.0. The minimum atomic E-state index is -0.307. The van der Waals surface area contributed by atoms with Crippen molar-refractivity contribution >= 4 is 51.2 Å². The number of aromatic hydroxyl groups is 2. The highest BCUT2D eigenvalue weighted by molar-refractivity contribution is 8.47. The summed E-state index contributed by atoms with van der Waals surface area (Å²) in [5.74, 6) is 0.414. The molecule has 0 aliphatic rings. The Morgan fingerprint density at radius 1 is 0.725 bits per heavy atom. The molecule has 0 radical (unpaired) electrons. The van der Waals surface area contributed by atoms with E-state index in [2.05, 4.69) is 13.8 Å². The summed E-state index contributed by atoms with van der Waals surface area (Å²) in [4.78, 5) is 25.6. The largest absolute Gasteiger partial charge is 0.508 e. The molecule has 0 saturated heterocycles. The van der Waals surface area contributed by atoms with E-state index in [4.69, 9.17) is 21.7 Å². The molecule has 40 heavy (non-hydrogen) atoms. The Morgan fingerprint density at radius 2 is 1.10 bits per heavy atom. The fourth-order valence-corrected chi connectivity index (χ4v) is 6.22. The van der Waals surface area contributed by atoms with E-state index >= 15 is 0 Å². The second-order valence-electron chi connectivity index (χ2n) is 9.72. The molecule has 6 nitrogen and oxygen atoms in total. The molecule has 2 N–H and O–H groups in total. The number of phenols is 2. The normalized spacial score (nSPS) is 12.4. The summed E-state index contributed by atoms with van der Waals surface area (Å²) in [5, 5.41) is 19.1. The van der Waals surface area contributed by atoms with Gasteiger partial charge in [0.2, 0.25) is 0 Å². The van der Waals surface area contributed by atoms with Crippen molar-refractivity contribution in [3.05, 3.63) is 59.7 Å². The number of ether oxygens (including phenoxy) is 2. The van der Waals surface area contributed by atoms with Crippen LogP contribution < -0.4 is 0 Å². The Kier molecular flexibility index (Phi) is 16.8. The van der Waals surface area contributed by atoms with E-state index in [0.717, 1.165) is 36.8 Å². The van der Waals surface area contributed by atoms with Gasteiger partial charge in [0.15, 0.2) is 0 Å². The van der Waals surface area contributed by atoms with Crippen molar-refractivity contribution in [3.63, 3.8) is 0 Å². The minimum Gasteiger partial charge on any atom is -0.508 e. The van der Waals surface area contributed by atoms with Gasteiger partial charge in [-0.05, 0) is 73.9 Å². The number of hydrogen-bond donors (Lipinski definition) is 2. The quantitative estimate of drug-likeness (QED) is 0.103. The Hall–Kier alpha value is -2.23. The molecule has 2 atom stereocenters. The molecule has 0 heterocycles. The van der Waals surface area contributed by atoms with Gasteiger partial charge >= 0.3 is 11.9 Å². The summed E-state index contributed by atoms with van der Waals surface area (Å²) in [7, 11) is 0. The van der Waals surface area contributed by atoms with E-state index in [0.29, 0.717) is 53.9 Å². The lowest BCUT2D eigenvalue weighted by molar-refractivity contribution is -0.148. The third-order valence-corrected chi connectivity index (χ3v) is 9.42. The average molecular weight is 607 g/mol. The van der Waals surface area contributed by atoms with Gasteiger partial charge in [-0.2, -0.15) is 0 Å². The van der Waals surface area contributed by atoms with Crippen molar-refractivity contribution in [3.8, 4) is 11.5 Å². The van der Waals surface area contributed by atoms with E-state index in [1.54, 1.807) is 24.3 Å². The lowest BCUT2D eigenvalue weighted by Gasteiger charge is -2.18. The number of hydrogen-bond acceptors (Lipinski definition) is 9. The summed E-state index contributed by atoms with van der Waals surface area (Å²) < 4.78 is 11.7. The molecule has 9 heteroatoms. The molecule has 0 amide bonds. The van der Waals surface area contributed by atoms with Crippen LogP contribution in [0.15, 0.2) is 48.5 Å². The highest BCUT2D eigenvalue weighted by Crippen LogP contribution is 2.27. The zero-order valence-electron chi connectivity index (χ0n) is 23.5. The number of rotatable bonds is 18. The van der Waals surface area contributed by atoms with Crippen LogP contribution in [0.1, 0.15) is 63.5 Å². The number of esters is 2. The third-order valence-electron chi connectivity index (χ3n) is 6.39. The molecular formula is C31H42O6S3. The molecule has 0 fully saturated rings. The van der Waals surface area contributed by atoms with Gasteiger partial charge in [-0.15, -0.1) is 23.5 Å². The number of unbranched alkanes of at least 4 members (excludes halogenated alkanes) is 2. The number of aryl methyl sites for hydroxylation is 2. The maximum absolute atomic E-state index is 12.8. The smallest absolute Gasteiger partial charge is 0.309 e. The van der Waals surface area contributed by atoms with Crippen LogP contribution >= 0.6 is 35.7 Å². The van der Waals surface area contributed by atoms with Crippen LogP contribution in [-0.4, -0.2) is 50.4 Å². The molecule has 0 saturated carbocycles. The molecule has 2 aromatic rings. The first-order valence-corrected chi connectivity index (χ1v) is 16.4. The van der Waals surface area contributed by atoms with E-state index in [-0.39, 0.29) is 35.3 Å². The maximum atomic E-state index is 12.8. The van der Waals surface area contributed by atoms with Gasteiger partial charge in [0.05, 0.1) is 25.0 Å². The molecule has 2 unspecified atom stereocenters. The first-order chi connectivity index (χ1) is 19.3. The van der Waals surface area contributed by atoms with Gasteiger partial charge in [0.1, 0.15) is 15.0 Å². The van der Waals surface area contributed by atoms with Crippen LogP contribution in [0, 0.1) is 11.8 Å². The number of carbonyl (C=O) groups is 2. The van der Waals surface area contributed by atoms with Crippen molar-refractivity contribution < 1.29 is 29.3 Å². The van der Waals surface area contributed by atoms with Crippen LogP contribution in [0.25, 0.3) is 0 Å². The van der Waals surface area contributed by atoms with Gasteiger partial charge in [-0.25, -0.2) is 0 Å². The second-order valence-corrected chi connectivity index (χ2v) is 13.0. The molecule has 2 rings (SSSR count). The van der Waals surface area contributed by atoms with E-state index in [1.165, 1.54) is 23.5 Å². The van der Waals surface area contributed by atoms with Crippen LogP contribution in [0.5, 0.6) is 11.5 Å². The topological polar surface area (TPSA) is 93.1 Å². The Balaban J connectivity index is 1.92. The monoisotopic (exact) mass is 606 g/mol. The highest BCUT2D eigenvalue weighted by Gasteiger charge is 2.24. The van der Waals surface area contributed by atoms with Crippen LogP contribution in [0.3, 0.4) is 0 Å². The van der Waals surface area contributed by atoms with Gasteiger partial charge in [-0.1, -0.05) is 63.2 Å². The van der Waals surface area contributed by atoms with E-state index in [9.17, 15) is 19.8 Å². The first-order valence-electron chi connectivity index (χ1n) is 14.0. The number of thioether (sulfide) groups is 2. The predicted octanol–water partition coefficient (Wildman–Crippen LogP) is 7.33. The summed E-state index contributed by atoms with van der Waals surface area (Å²) >= 11 is 8.54. The van der Waals surface area contributed by atoms with Crippen LogP contribution in [0.2, 0.25) is 0 Å². The van der Waals surface area contributed by atoms with Crippen molar-refractivity contribution in [2.45, 2.75) is 65.2 Å². The van der Waals surface area contributed by atoms with E-state index in [1.807, 2.05) is 24.3 Å². The second kappa shape index (κ2) is 19.8. The van der Waals surface area contributed by atoms with Crippen molar-refractivity contribution in [2.75, 3.05) is 24.7 Å². The first kappa shape index (κ1) is 34.0. The van der Waals surface area contributed by atoms with E-state index < -0.39 is 0 Å². The van der Waals surface area contributed by atoms with Gasteiger partial charge in [-0.3, -0.25) is 9.59 Å². The van der Waals surface area contributed by atoms with Gasteiger partial charge < -0.3 is 19.7 Å². The Morgan fingerprint density at radius 3 is 1.45 bits per heavy atom. The van der Waals surface area contributed by atoms with Crippen LogP contribution in [-0.2, 0) is 31.9 Å². The lowest BCUT2D eigenvalue weighted by atomic mass is 10.0. The third kappa shape index (κ3) is 13.9. The minimum absolute atomic E-state index is 0.209. The van der Waals surface area contributed by atoms with Crippen molar-refractivity contribution in [1.82, 2.24) is 0 Å². The van der Waals surface area contributed by atoms with Gasteiger partial charge in [0.25, 0.3) is 0 Å². The number of thiocarbonyl (C=S) groups is 1. The van der Waals surface area contributed by atoms with Crippen LogP contribution in [0.4, 0.5) is 0 Å². The zero-order valence-corrected chi connectivity index (χ0v) is 26.0. The van der Waals surface area contributed by atoms with Crippen molar-refractivity contribution in [2.24, 2.45) is 11.8 Å². The molecule has 2 aromatic carbocycles. The molecule has 0 aliphatic heterocycles. The molecular weight excluding hydrogens is 565 g/mol. The lowest BCUT2D eigenvalue weighted by Crippen LogP contribution is -2.23. The number of benzene rings is 2. The Labute approximate surface area is 252 Å². The zero-order chi connectivity index (χ0) is 29.2. The predicted molar refractivity (Wildman–Crippen MR) is 169 cm³/mol. The van der Waals surface area contributed by atoms with Gasteiger partial charge in [0, 0.05) is 11.5 Å².